The second kappa shape index (κ2) is 6.00. The molecule has 0 unspecified atom stereocenters. The van der Waals surface area contributed by atoms with Crippen molar-refractivity contribution in [2.24, 2.45) is 11.7 Å². The summed E-state index contributed by atoms with van der Waals surface area (Å²) < 4.78 is 0. The number of carbonyl (C=O) groups excluding carboxylic acids is 3. The molecule has 1 aliphatic rings. The van der Waals surface area contributed by atoms with Crippen molar-refractivity contribution in [2.75, 3.05) is 26.2 Å². The second-order valence-electron chi connectivity index (χ2n) is 4.68. The Balaban J connectivity index is 2.16. The Hall–Kier alpha value is -1.96. The SMILES string of the molecule is CC(=O)N1CCN(C(=O)c2cncs2)C[C@@H](C(N)=O)C1. The van der Waals surface area contributed by atoms with Crippen LogP contribution in [0.5, 0.6) is 0 Å². The smallest absolute Gasteiger partial charge is 0.265 e. The van der Waals surface area contributed by atoms with Crippen LogP contribution in [0.25, 0.3) is 0 Å². The van der Waals surface area contributed by atoms with Crippen molar-refractivity contribution < 1.29 is 14.4 Å². The molecular formula is C12H16N4O3S. The number of carbonyl (C=O) groups is 3. The molecule has 0 bridgehead atoms. The number of aromatic nitrogens is 1. The number of amides is 3. The largest absolute Gasteiger partial charge is 0.369 e. The molecule has 1 aliphatic heterocycles. The van der Waals surface area contributed by atoms with Gasteiger partial charge in [-0.1, -0.05) is 0 Å². The first-order valence-electron chi connectivity index (χ1n) is 6.21. The van der Waals surface area contributed by atoms with Crippen molar-refractivity contribution in [1.82, 2.24) is 14.8 Å². The van der Waals surface area contributed by atoms with E-state index in [1.54, 1.807) is 15.3 Å². The molecule has 0 saturated carbocycles. The standard InChI is InChI=1S/C12H16N4O3S/c1-8(17)15-2-3-16(6-9(5-15)11(13)18)12(19)10-4-14-7-20-10/h4,7,9H,2-3,5-6H2,1H3,(H2,13,18)/t9-/m0/s1. The molecule has 1 atom stereocenters. The minimum Gasteiger partial charge on any atom is -0.369 e. The van der Waals surface area contributed by atoms with Gasteiger partial charge in [-0.15, -0.1) is 11.3 Å². The quantitative estimate of drug-likeness (QED) is 0.799. The maximum Gasteiger partial charge on any atom is 0.265 e. The van der Waals surface area contributed by atoms with Crippen molar-refractivity contribution in [3.05, 3.63) is 16.6 Å². The highest BCUT2D eigenvalue weighted by molar-refractivity contribution is 7.11. The van der Waals surface area contributed by atoms with Gasteiger partial charge in [-0.25, -0.2) is 0 Å². The van der Waals surface area contributed by atoms with Crippen molar-refractivity contribution in [1.29, 1.82) is 0 Å². The molecule has 7 nitrogen and oxygen atoms in total. The Morgan fingerprint density at radius 3 is 2.50 bits per heavy atom. The fraction of sp³-hybridized carbons (Fsp3) is 0.500. The summed E-state index contributed by atoms with van der Waals surface area (Å²) in [6.07, 6.45) is 1.50. The average Bonchev–Trinajstić information content (AvgIpc) is 2.82. The molecule has 0 aromatic carbocycles. The molecule has 2 N–H and O–H groups in total. The van der Waals surface area contributed by atoms with Crippen LogP contribution in [0.3, 0.4) is 0 Å². The zero-order valence-electron chi connectivity index (χ0n) is 11.1. The molecular weight excluding hydrogens is 280 g/mol. The lowest BCUT2D eigenvalue weighted by Gasteiger charge is -2.21. The average molecular weight is 296 g/mol. The summed E-state index contributed by atoms with van der Waals surface area (Å²) in [5.41, 5.74) is 6.94. The molecule has 20 heavy (non-hydrogen) atoms. The number of hydrogen-bond donors (Lipinski definition) is 1. The minimum absolute atomic E-state index is 0.122. The van der Waals surface area contributed by atoms with Crippen LogP contribution >= 0.6 is 11.3 Å². The van der Waals surface area contributed by atoms with E-state index < -0.39 is 11.8 Å². The predicted molar refractivity (Wildman–Crippen MR) is 73.0 cm³/mol. The van der Waals surface area contributed by atoms with E-state index in [0.29, 0.717) is 18.0 Å². The van der Waals surface area contributed by atoms with Gasteiger partial charge in [0.25, 0.3) is 5.91 Å². The number of rotatable bonds is 2. The maximum atomic E-state index is 12.3. The van der Waals surface area contributed by atoms with Crippen molar-refractivity contribution in [3.8, 4) is 0 Å². The van der Waals surface area contributed by atoms with Gasteiger partial charge in [-0.2, -0.15) is 0 Å². The number of nitrogens with zero attached hydrogens (tertiary/aromatic N) is 3. The third-order valence-corrected chi connectivity index (χ3v) is 4.06. The van der Waals surface area contributed by atoms with Crippen LogP contribution < -0.4 is 5.73 Å². The Kier molecular flexibility index (Phi) is 4.33. The summed E-state index contributed by atoms with van der Waals surface area (Å²) in [5, 5.41) is 0. The first-order valence-corrected chi connectivity index (χ1v) is 7.09. The minimum atomic E-state index is -0.543. The second-order valence-corrected chi connectivity index (χ2v) is 5.57. The first kappa shape index (κ1) is 14.4. The summed E-state index contributed by atoms with van der Waals surface area (Å²) in [6, 6.07) is 0. The lowest BCUT2D eigenvalue weighted by molar-refractivity contribution is -0.130. The number of hydrogen-bond acceptors (Lipinski definition) is 5. The van der Waals surface area contributed by atoms with E-state index in [2.05, 4.69) is 4.98 Å². The molecule has 0 aliphatic carbocycles. The molecule has 1 aromatic heterocycles. The van der Waals surface area contributed by atoms with Gasteiger partial charge in [-0.3, -0.25) is 19.4 Å². The normalized spacial score (nSPS) is 19.6. The summed E-state index contributed by atoms with van der Waals surface area (Å²) in [6.45, 7) is 2.73. The van der Waals surface area contributed by atoms with Gasteiger partial charge < -0.3 is 15.5 Å². The first-order chi connectivity index (χ1) is 9.49. The molecule has 1 fully saturated rings. The number of nitrogens with two attached hydrogens (primary N) is 1. The Labute approximate surface area is 120 Å². The molecule has 108 valence electrons. The van der Waals surface area contributed by atoms with E-state index in [1.807, 2.05) is 0 Å². The molecule has 2 rings (SSSR count). The third kappa shape index (κ3) is 3.13. The molecule has 0 spiro atoms. The van der Waals surface area contributed by atoms with Crippen molar-refractivity contribution >= 4 is 29.1 Å². The van der Waals surface area contributed by atoms with Gasteiger partial charge >= 0.3 is 0 Å². The number of primary amides is 1. The van der Waals surface area contributed by atoms with Crippen LogP contribution in [0.15, 0.2) is 11.7 Å². The van der Waals surface area contributed by atoms with E-state index in [-0.39, 0.29) is 24.9 Å². The Morgan fingerprint density at radius 2 is 1.95 bits per heavy atom. The molecule has 3 amide bonds. The monoisotopic (exact) mass is 296 g/mol. The van der Waals surface area contributed by atoms with E-state index in [1.165, 1.54) is 24.5 Å². The fourth-order valence-electron chi connectivity index (χ4n) is 2.14. The van der Waals surface area contributed by atoms with Gasteiger partial charge in [0.15, 0.2) is 0 Å². The van der Waals surface area contributed by atoms with Gasteiger partial charge in [0.1, 0.15) is 4.88 Å². The summed E-state index contributed by atoms with van der Waals surface area (Å²) in [4.78, 5) is 42.8. The lowest BCUT2D eigenvalue weighted by Crippen LogP contribution is -2.40. The van der Waals surface area contributed by atoms with Crippen LogP contribution in [0.2, 0.25) is 0 Å². The summed E-state index contributed by atoms with van der Waals surface area (Å²) in [7, 11) is 0. The van der Waals surface area contributed by atoms with Crippen LogP contribution in [-0.4, -0.2) is 58.7 Å². The molecule has 2 heterocycles. The van der Waals surface area contributed by atoms with Crippen LogP contribution in [0.4, 0.5) is 0 Å². The lowest BCUT2D eigenvalue weighted by atomic mass is 10.1. The van der Waals surface area contributed by atoms with Crippen LogP contribution in [0.1, 0.15) is 16.6 Å². The van der Waals surface area contributed by atoms with E-state index in [4.69, 9.17) is 5.73 Å². The van der Waals surface area contributed by atoms with Gasteiger partial charge in [0.05, 0.1) is 17.6 Å². The van der Waals surface area contributed by atoms with Gasteiger partial charge in [0, 0.05) is 33.1 Å². The fourth-order valence-corrected chi connectivity index (χ4v) is 2.73. The molecule has 1 aromatic rings. The van der Waals surface area contributed by atoms with Crippen molar-refractivity contribution in [2.45, 2.75) is 6.92 Å². The highest BCUT2D eigenvalue weighted by Crippen LogP contribution is 2.15. The highest BCUT2D eigenvalue weighted by atomic mass is 32.1. The van der Waals surface area contributed by atoms with Gasteiger partial charge in [-0.05, 0) is 0 Å². The summed E-state index contributed by atoms with van der Waals surface area (Å²) >= 11 is 1.25. The zero-order chi connectivity index (χ0) is 14.7. The highest BCUT2D eigenvalue weighted by Gasteiger charge is 2.30. The Morgan fingerprint density at radius 1 is 1.30 bits per heavy atom. The third-order valence-electron chi connectivity index (χ3n) is 3.30. The topological polar surface area (TPSA) is 96.6 Å². The summed E-state index contributed by atoms with van der Waals surface area (Å²) in [5.74, 6) is -1.34. The molecule has 1 saturated heterocycles. The van der Waals surface area contributed by atoms with Crippen LogP contribution in [-0.2, 0) is 9.59 Å². The van der Waals surface area contributed by atoms with Gasteiger partial charge in [0.2, 0.25) is 11.8 Å². The van der Waals surface area contributed by atoms with E-state index in [0.717, 1.165) is 0 Å². The predicted octanol–water partition coefficient (Wildman–Crippen LogP) is -0.451. The van der Waals surface area contributed by atoms with E-state index in [9.17, 15) is 14.4 Å². The maximum absolute atomic E-state index is 12.3. The van der Waals surface area contributed by atoms with E-state index >= 15 is 0 Å². The van der Waals surface area contributed by atoms with Crippen LogP contribution in [0, 0.1) is 5.92 Å². The molecule has 0 radical (unpaired) electrons. The number of thiazole rings is 1. The van der Waals surface area contributed by atoms with Crippen molar-refractivity contribution in [3.63, 3.8) is 0 Å². The Bertz CT molecular complexity index is 517. The molecule has 8 heteroatoms. The zero-order valence-corrected chi connectivity index (χ0v) is 11.9.